The number of hydrogen-bond acceptors (Lipinski definition) is 5. The van der Waals surface area contributed by atoms with E-state index < -0.39 is 12.1 Å². The van der Waals surface area contributed by atoms with Crippen LogP contribution in [0, 0.1) is 0 Å². The molecule has 0 radical (unpaired) electrons. The zero-order chi connectivity index (χ0) is 19.1. The first-order chi connectivity index (χ1) is 13.2. The smallest absolute Gasteiger partial charge is 0.417 e. The van der Waals surface area contributed by atoms with Crippen molar-refractivity contribution in [1.82, 2.24) is 4.98 Å². The molecule has 0 fully saturated rings. The number of nitrogens with zero attached hydrogens (tertiary/aromatic N) is 1. The standard InChI is InChI=1S/C21H18N2O4/c1-2-26-20(24)19-10-6-9-18(23-19)15-11-13-16(14-12-15)22-21(25)27-17-7-4-3-5-8-17/h3-14H,2H2,1H3,(H,22,25). The van der Waals surface area contributed by atoms with Crippen molar-refractivity contribution in [2.24, 2.45) is 0 Å². The second-order valence-corrected chi connectivity index (χ2v) is 5.53. The van der Waals surface area contributed by atoms with E-state index in [0.717, 1.165) is 5.56 Å². The summed E-state index contributed by atoms with van der Waals surface area (Å²) < 4.78 is 10.2. The Morgan fingerprint density at radius 1 is 0.926 bits per heavy atom. The molecule has 0 spiro atoms. The lowest BCUT2D eigenvalue weighted by atomic mass is 10.1. The summed E-state index contributed by atoms with van der Waals surface area (Å²) in [4.78, 5) is 28.0. The molecule has 0 unspecified atom stereocenters. The van der Waals surface area contributed by atoms with Crippen molar-refractivity contribution in [3.63, 3.8) is 0 Å². The van der Waals surface area contributed by atoms with E-state index in [1.54, 1.807) is 73.7 Å². The fourth-order valence-corrected chi connectivity index (χ4v) is 2.38. The Balaban J connectivity index is 1.67. The highest BCUT2D eigenvalue weighted by atomic mass is 16.6. The van der Waals surface area contributed by atoms with Crippen LogP contribution in [0.15, 0.2) is 72.8 Å². The topological polar surface area (TPSA) is 77.5 Å². The number of esters is 1. The van der Waals surface area contributed by atoms with E-state index >= 15 is 0 Å². The van der Waals surface area contributed by atoms with Crippen LogP contribution in [0.1, 0.15) is 17.4 Å². The summed E-state index contributed by atoms with van der Waals surface area (Å²) in [7, 11) is 0. The molecule has 6 nitrogen and oxygen atoms in total. The van der Waals surface area contributed by atoms with Crippen molar-refractivity contribution >= 4 is 17.7 Å². The molecule has 1 aromatic heterocycles. The molecule has 0 saturated heterocycles. The lowest BCUT2D eigenvalue weighted by Gasteiger charge is -2.08. The SMILES string of the molecule is CCOC(=O)c1cccc(-c2ccc(NC(=O)Oc3ccccc3)cc2)n1. The zero-order valence-electron chi connectivity index (χ0n) is 14.7. The van der Waals surface area contributed by atoms with E-state index in [1.807, 2.05) is 6.07 Å². The Labute approximate surface area is 156 Å². The van der Waals surface area contributed by atoms with Crippen LogP contribution >= 0.6 is 0 Å². The fraction of sp³-hybridized carbons (Fsp3) is 0.0952. The Hall–Kier alpha value is -3.67. The van der Waals surface area contributed by atoms with E-state index in [2.05, 4.69) is 10.3 Å². The van der Waals surface area contributed by atoms with Gasteiger partial charge < -0.3 is 9.47 Å². The van der Waals surface area contributed by atoms with Crippen molar-refractivity contribution in [3.05, 3.63) is 78.5 Å². The van der Waals surface area contributed by atoms with Crippen molar-refractivity contribution in [1.29, 1.82) is 0 Å². The van der Waals surface area contributed by atoms with Gasteiger partial charge in [-0.3, -0.25) is 5.32 Å². The number of rotatable bonds is 5. The number of nitrogens with one attached hydrogen (secondary N) is 1. The van der Waals surface area contributed by atoms with Crippen LogP contribution in [0.25, 0.3) is 11.3 Å². The maximum atomic E-state index is 11.9. The van der Waals surface area contributed by atoms with Crippen molar-refractivity contribution in [3.8, 4) is 17.0 Å². The van der Waals surface area contributed by atoms with Gasteiger partial charge in [0.2, 0.25) is 0 Å². The number of para-hydroxylation sites is 1. The van der Waals surface area contributed by atoms with Crippen LogP contribution in [-0.4, -0.2) is 23.7 Å². The zero-order valence-corrected chi connectivity index (χ0v) is 14.7. The molecule has 0 aliphatic rings. The summed E-state index contributed by atoms with van der Waals surface area (Å²) in [5.74, 6) is 0.00731. The second-order valence-electron chi connectivity index (χ2n) is 5.53. The molecule has 27 heavy (non-hydrogen) atoms. The number of anilines is 1. The molecule has 0 bridgehead atoms. The molecule has 136 valence electrons. The molecule has 0 aliphatic heterocycles. The molecule has 0 atom stereocenters. The largest absolute Gasteiger partial charge is 0.461 e. The minimum atomic E-state index is -0.573. The third kappa shape index (κ3) is 4.92. The molecule has 3 aromatic rings. The van der Waals surface area contributed by atoms with Gasteiger partial charge in [-0.25, -0.2) is 14.6 Å². The number of carbonyl (C=O) groups excluding carboxylic acids is 2. The van der Waals surface area contributed by atoms with Crippen molar-refractivity contribution in [2.45, 2.75) is 6.92 Å². The quantitative estimate of drug-likeness (QED) is 0.675. The summed E-state index contributed by atoms with van der Waals surface area (Å²) in [6.07, 6.45) is -0.573. The average Bonchev–Trinajstić information content (AvgIpc) is 2.69. The van der Waals surface area contributed by atoms with E-state index in [0.29, 0.717) is 23.7 Å². The van der Waals surface area contributed by atoms with E-state index in [4.69, 9.17) is 9.47 Å². The molecule has 1 N–H and O–H groups in total. The Bertz CT molecular complexity index is 924. The summed E-state index contributed by atoms with van der Waals surface area (Å²) in [6.45, 7) is 2.04. The van der Waals surface area contributed by atoms with Crippen molar-refractivity contribution < 1.29 is 19.1 Å². The number of benzene rings is 2. The maximum absolute atomic E-state index is 11.9. The molecule has 6 heteroatoms. The third-order valence-corrected chi connectivity index (χ3v) is 3.61. The van der Waals surface area contributed by atoms with Crippen LogP contribution in [-0.2, 0) is 4.74 Å². The molecule has 1 heterocycles. The first-order valence-electron chi connectivity index (χ1n) is 8.44. The predicted molar refractivity (Wildman–Crippen MR) is 102 cm³/mol. The molecule has 0 saturated carbocycles. The molecule has 3 rings (SSSR count). The molecule has 1 amide bonds. The van der Waals surface area contributed by atoms with Gasteiger partial charge in [-0.05, 0) is 43.3 Å². The number of aromatic nitrogens is 1. The van der Waals surface area contributed by atoms with Gasteiger partial charge in [-0.15, -0.1) is 0 Å². The second kappa shape index (κ2) is 8.62. The van der Waals surface area contributed by atoms with Crippen molar-refractivity contribution in [2.75, 3.05) is 11.9 Å². The number of hydrogen-bond donors (Lipinski definition) is 1. The summed E-state index contributed by atoms with van der Waals surface area (Å²) in [5, 5.41) is 2.66. The van der Waals surface area contributed by atoms with E-state index in [9.17, 15) is 9.59 Å². The Morgan fingerprint density at radius 2 is 1.67 bits per heavy atom. The number of ether oxygens (including phenoxy) is 2. The average molecular weight is 362 g/mol. The highest BCUT2D eigenvalue weighted by molar-refractivity contribution is 5.88. The molecule has 0 aliphatic carbocycles. The summed E-state index contributed by atoms with van der Waals surface area (Å²) >= 11 is 0. The van der Waals surface area contributed by atoms with Gasteiger partial charge in [0.15, 0.2) is 0 Å². The Kier molecular flexibility index (Phi) is 5.79. The lowest BCUT2D eigenvalue weighted by Crippen LogP contribution is -2.16. The van der Waals surface area contributed by atoms with Crippen LogP contribution in [0.5, 0.6) is 5.75 Å². The molecular formula is C21H18N2O4. The monoisotopic (exact) mass is 362 g/mol. The van der Waals surface area contributed by atoms with Crippen LogP contribution in [0.3, 0.4) is 0 Å². The first kappa shape index (κ1) is 18.1. The van der Waals surface area contributed by atoms with Gasteiger partial charge in [0, 0.05) is 11.3 Å². The lowest BCUT2D eigenvalue weighted by molar-refractivity contribution is 0.0519. The fourth-order valence-electron chi connectivity index (χ4n) is 2.38. The van der Waals surface area contributed by atoms with E-state index in [-0.39, 0.29) is 5.69 Å². The van der Waals surface area contributed by atoms with Crippen LogP contribution in [0.2, 0.25) is 0 Å². The van der Waals surface area contributed by atoms with Gasteiger partial charge in [-0.2, -0.15) is 0 Å². The molecular weight excluding hydrogens is 344 g/mol. The van der Waals surface area contributed by atoms with Crippen LogP contribution < -0.4 is 10.1 Å². The number of pyridine rings is 1. The number of amides is 1. The maximum Gasteiger partial charge on any atom is 0.417 e. The highest BCUT2D eigenvalue weighted by Crippen LogP contribution is 2.20. The third-order valence-electron chi connectivity index (χ3n) is 3.61. The number of carbonyl (C=O) groups is 2. The van der Waals surface area contributed by atoms with Gasteiger partial charge in [0.05, 0.1) is 12.3 Å². The minimum Gasteiger partial charge on any atom is -0.461 e. The summed E-state index contributed by atoms with van der Waals surface area (Å²) in [5.41, 5.74) is 2.28. The molecule has 2 aromatic carbocycles. The highest BCUT2D eigenvalue weighted by Gasteiger charge is 2.10. The van der Waals surface area contributed by atoms with Gasteiger partial charge in [0.25, 0.3) is 0 Å². The van der Waals surface area contributed by atoms with Crippen LogP contribution in [0.4, 0.5) is 10.5 Å². The van der Waals surface area contributed by atoms with Gasteiger partial charge in [-0.1, -0.05) is 36.4 Å². The normalized spacial score (nSPS) is 10.1. The summed E-state index contributed by atoms with van der Waals surface area (Å²) in [6, 6.07) is 21.0. The van der Waals surface area contributed by atoms with Gasteiger partial charge >= 0.3 is 12.1 Å². The first-order valence-corrected chi connectivity index (χ1v) is 8.44. The van der Waals surface area contributed by atoms with E-state index in [1.165, 1.54) is 0 Å². The van der Waals surface area contributed by atoms with Gasteiger partial charge in [0.1, 0.15) is 11.4 Å². The Morgan fingerprint density at radius 3 is 2.37 bits per heavy atom. The minimum absolute atomic E-state index is 0.253. The predicted octanol–water partition coefficient (Wildman–Crippen LogP) is 4.54.